The first-order valence-electron chi connectivity index (χ1n) is 5.51. The van der Waals surface area contributed by atoms with Crippen molar-refractivity contribution < 1.29 is 14.4 Å². The van der Waals surface area contributed by atoms with Gasteiger partial charge in [-0.2, -0.15) is 4.98 Å². The first-order chi connectivity index (χ1) is 9.52. The minimum Gasteiger partial charge on any atom is -0.480 e. The van der Waals surface area contributed by atoms with Crippen molar-refractivity contribution in [2.45, 2.75) is 6.92 Å². The Hall–Kier alpha value is -2.22. The van der Waals surface area contributed by atoms with Gasteiger partial charge in [-0.05, 0) is 28.4 Å². The van der Waals surface area contributed by atoms with E-state index in [1.54, 1.807) is 19.1 Å². The highest BCUT2D eigenvalue weighted by Crippen LogP contribution is 2.34. The number of nitrogens with zero attached hydrogens (tertiary/aromatic N) is 3. The fraction of sp³-hybridized carbons (Fsp3) is 0.167. The number of aryl methyl sites for hydroxylation is 1. The number of aromatic nitrogens is 2. The summed E-state index contributed by atoms with van der Waals surface area (Å²) in [6.07, 6.45) is 1.45. The largest absolute Gasteiger partial charge is 0.480 e. The molecule has 0 atom stereocenters. The summed E-state index contributed by atoms with van der Waals surface area (Å²) < 4.78 is 11.0. The molecule has 0 amide bonds. The number of rotatable bonds is 4. The molecular formula is C12H10BrN3O4. The number of hydrogen-bond acceptors (Lipinski definition) is 6. The molecule has 8 heteroatoms. The summed E-state index contributed by atoms with van der Waals surface area (Å²) in [6, 6.07) is 4.63. The van der Waals surface area contributed by atoms with E-state index in [0.717, 1.165) is 0 Å². The predicted octanol–water partition coefficient (Wildman–Crippen LogP) is 3.26. The van der Waals surface area contributed by atoms with E-state index < -0.39 is 4.92 Å². The van der Waals surface area contributed by atoms with Gasteiger partial charge in [0.2, 0.25) is 11.6 Å². The lowest BCUT2D eigenvalue weighted by molar-refractivity contribution is -0.385. The van der Waals surface area contributed by atoms with Crippen molar-refractivity contribution in [1.29, 1.82) is 0 Å². The minimum absolute atomic E-state index is 0.0255. The van der Waals surface area contributed by atoms with Crippen molar-refractivity contribution in [2.24, 2.45) is 0 Å². The zero-order valence-corrected chi connectivity index (χ0v) is 12.2. The molecule has 1 aromatic carbocycles. The van der Waals surface area contributed by atoms with E-state index in [1.165, 1.54) is 19.4 Å². The number of nitro benzene ring substituents is 1. The van der Waals surface area contributed by atoms with Crippen LogP contribution in [0.2, 0.25) is 0 Å². The maximum atomic E-state index is 11.0. The lowest BCUT2D eigenvalue weighted by Crippen LogP contribution is -1.99. The Morgan fingerprint density at radius 2 is 2.15 bits per heavy atom. The minimum atomic E-state index is -0.515. The third-order valence-corrected chi connectivity index (χ3v) is 3.01. The number of para-hydroxylation sites is 1. The molecule has 0 saturated heterocycles. The van der Waals surface area contributed by atoms with Crippen LogP contribution in [0.3, 0.4) is 0 Å². The van der Waals surface area contributed by atoms with Crippen molar-refractivity contribution in [3.8, 4) is 17.6 Å². The monoisotopic (exact) mass is 339 g/mol. The summed E-state index contributed by atoms with van der Waals surface area (Å²) in [4.78, 5) is 18.4. The Bertz CT molecular complexity index is 663. The molecule has 0 radical (unpaired) electrons. The van der Waals surface area contributed by atoms with Crippen LogP contribution >= 0.6 is 15.9 Å². The van der Waals surface area contributed by atoms with E-state index >= 15 is 0 Å². The molecule has 104 valence electrons. The molecule has 0 aliphatic rings. The van der Waals surface area contributed by atoms with Gasteiger partial charge in [0.1, 0.15) is 0 Å². The van der Waals surface area contributed by atoms with E-state index in [2.05, 4.69) is 25.9 Å². The van der Waals surface area contributed by atoms with Crippen LogP contribution in [0.4, 0.5) is 5.69 Å². The van der Waals surface area contributed by atoms with E-state index in [0.29, 0.717) is 10.0 Å². The highest BCUT2D eigenvalue weighted by Gasteiger charge is 2.19. The Morgan fingerprint density at radius 1 is 1.40 bits per heavy atom. The summed E-state index contributed by atoms with van der Waals surface area (Å²) in [7, 11) is 1.45. The third-order valence-electron chi connectivity index (χ3n) is 2.46. The molecule has 1 heterocycles. The summed E-state index contributed by atoms with van der Waals surface area (Å²) in [6.45, 7) is 1.71. The molecule has 1 aromatic heterocycles. The van der Waals surface area contributed by atoms with Crippen LogP contribution in [-0.4, -0.2) is 22.0 Å². The lowest BCUT2D eigenvalue weighted by atomic mass is 10.2. The smallest absolute Gasteiger partial charge is 0.325 e. The van der Waals surface area contributed by atoms with Gasteiger partial charge in [0, 0.05) is 6.07 Å². The molecule has 0 bridgehead atoms. The van der Waals surface area contributed by atoms with Gasteiger partial charge in [-0.3, -0.25) is 10.1 Å². The molecule has 2 aromatic rings. The van der Waals surface area contributed by atoms with Gasteiger partial charge in [-0.1, -0.05) is 12.1 Å². The van der Waals surface area contributed by atoms with E-state index in [9.17, 15) is 10.1 Å². The average molecular weight is 340 g/mol. The number of methoxy groups -OCH3 is 1. The van der Waals surface area contributed by atoms with Crippen molar-refractivity contribution in [3.05, 3.63) is 44.5 Å². The predicted molar refractivity (Wildman–Crippen MR) is 74.2 cm³/mol. The second kappa shape index (κ2) is 5.83. The van der Waals surface area contributed by atoms with E-state index in [4.69, 9.17) is 9.47 Å². The fourth-order valence-electron chi connectivity index (χ4n) is 1.53. The highest BCUT2D eigenvalue weighted by atomic mass is 79.9. The number of benzene rings is 1. The van der Waals surface area contributed by atoms with Crippen LogP contribution in [0.5, 0.6) is 17.6 Å². The second-order valence-electron chi connectivity index (χ2n) is 3.79. The number of ether oxygens (including phenoxy) is 2. The van der Waals surface area contributed by atoms with Gasteiger partial charge >= 0.3 is 11.7 Å². The number of hydrogen-bond donors (Lipinski definition) is 0. The van der Waals surface area contributed by atoms with Gasteiger partial charge in [0.25, 0.3) is 0 Å². The molecule has 0 saturated carbocycles. The third kappa shape index (κ3) is 2.85. The van der Waals surface area contributed by atoms with Crippen molar-refractivity contribution >= 4 is 21.6 Å². The number of halogens is 1. The first-order valence-corrected chi connectivity index (χ1v) is 6.30. The van der Waals surface area contributed by atoms with E-state index in [1.807, 2.05) is 0 Å². The normalized spacial score (nSPS) is 10.2. The second-order valence-corrected chi connectivity index (χ2v) is 4.65. The molecule has 20 heavy (non-hydrogen) atoms. The van der Waals surface area contributed by atoms with Gasteiger partial charge in [-0.15, -0.1) is 0 Å². The fourth-order valence-corrected chi connectivity index (χ4v) is 1.89. The Labute approximate surface area is 122 Å². The van der Waals surface area contributed by atoms with Crippen LogP contribution in [0, 0.1) is 17.0 Å². The molecule has 0 spiro atoms. The number of nitro groups is 1. The molecule has 0 unspecified atom stereocenters. The summed E-state index contributed by atoms with van der Waals surface area (Å²) in [5.41, 5.74) is 0.472. The van der Waals surface area contributed by atoms with Crippen LogP contribution in [-0.2, 0) is 0 Å². The maximum absolute atomic E-state index is 11.0. The standard InChI is InChI=1S/C12H10BrN3O4/c1-7-4-3-5-9(16(17)18)10(7)20-12-14-6-8(13)11(15-12)19-2/h3-6H,1-2H3. The van der Waals surface area contributed by atoms with Crippen LogP contribution in [0.15, 0.2) is 28.9 Å². The van der Waals surface area contributed by atoms with Crippen molar-refractivity contribution in [1.82, 2.24) is 9.97 Å². The highest BCUT2D eigenvalue weighted by molar-refractivity contribution is 9.10. The maximum Gasteiger partial charge on any atom is 0.325 e. The molecule has 0 N–H and O–H groups in total. The molecule has 0 fully saturated rings. The van der Waals surface area contributed by atoms with Gasteiger partial charge in [0.15, 0.2) is 0 Å². The molecule has 2 rings (SSSR count). The summed E-state index contributed by atoms with van der Waals surface area (Å²) in [5.74, 6) is 0.396. The average Bonchev–Trinajstić information content (AvgIpc) is 2.42. The summed E-state index contributed by atoms with van der Waals surface area (Å²) >= 11 is 3.21. The zero-order valence-electron chi connectivity index (χ0n) is 10.7. The van der Waals surface area contributed by atoms with Crippen molar-refractivity contribution in [2.75, 3.05) is 7.11 Å². The van der Waals surface area contributed by atoms with Crippen LogP contribution in [0.25, 0.3) is 0 Å². The van der Waals surface area contributed by atoms with Gasteiger partial charge in [0.05, 0.1) is 22.7 Å². The molecule has 0 aliphatic carbocycles. The van der Waals surface area contributed by atoms with Crippen molar-refractivity contribution in [3.63, 3.8) is 0 Å². The molecule has 0 aliphatic heterocycles. The van der Waals surface area contributed by atoms with Crippen LogP contribution < -0.4 is 9.47 Å². The quantitative estimate of drug-likeness (QED) is 0.627. The summed E-state index contributed by atoms with van der Waals surface area (Å²) in [5, 5.41) is 11.0. The zero-order chi connectivity index (χ0) is 14.7. The molecule has 7 nitrogen and oxygen atoms in total. The van der Waals surface area contributed by atoms with Gasteiger partial charge in [-0.25, -0.2) is 4.98 Å². The topological polar surface area (TPSA) is 87.4 Å². The van der Waals surface area contributed by atoms with Crippen LogP contribution in [0.1, 0.15) is 5.56 Å². The Balaban J connectivity index is 2.42. The Morgan fingerprint density at radius 3 is 2.80 bits per heavy atom. The lowest BCUT2D eigenvalue weighted by Gasteiger charge is -2.08. The van der Waals surface area contributed by atoms with E-state index in [-0.39, 0.29) is 23.3 Å². The first kappa shape index (κ1) is 14.2. The molecular weight excluding hydrogens is 330 g/mol. The van der Waals surface area contributed by atoms with Gasteiger partial charge < -0.3 is 9.47 Å². The Kier molecular flexibility index (Phi) is 4.14. The SMILES string of the molecule is COc1nc(Oc2c(C)cccc2[N+](=O)[O-])ncc1Br.